The first-order chi connectivity index (χ1) is 15.8. The zero-order chi connectivity index (χ0) is 21.8. The molecule has 0 spiro atoms. The first-order valence-electron chi connectivity index (χ1n) is 11.2. The second kappa shape index (κ2) is 9.40. The summed E-state index contributed by atoms with van der Waals surface area (Å²) in [6, 6.07) is 21.1. The minimum Gasteiger partial charge on any atom is -0.302 e. The lowest BCUT2D eigenvalue weighted by atomic mass is 9.93. The third-order valence-corrected chi connectivity index (χ3v) is 6.10. The molecular weight excluding hydrogens is 401 g/mol. The molecule has 2 aromatic heterocycles. The molecule has 0 aliphatic carbocycles. The average Bonchev–Trinajstić information content (AvgIpc) is 3.30. The summed E-state index contributed by atoms with van der Waals surface area (Å²) in [6.07, 6.45) is 6.77. The largest absolute Gasteiger partial charge is 0.302 e. The Morgan fingerprint density at radius 2 is 1.72 bits per heavy atom. The van der Waals surface area contributed by atoms with Gasteiger partial charge in [-0.1, -0.05) is 30.3 Å². The molecule has 0 bridgehead atoms. The lowest BCUT2D eigenvalue weighted by Gasteiger charge is -2.32. The van der Waals surface area contributed by atoms with E-state index >= 15 is 0 Å². The standard InChI is InChI=1S/C26H26FN5/c27-23-11-9-21(10-12-23)24-18-25(32(30-24)26-28-14-5-15-29-26)22-8-4-16-31(19-22)17-13-20-6-2-1-3-7-20/h1-3,5-7,9-12,14-15,18,22H,4,8,13,16-17,19H2. The first kappa shape index (κ1) is 20.5. The highest BCUT2D eigenvalue weighted by Gasteiger charge is 2.26. The Hall–Kier alpha value is -3.38. The van der Waals surface area contributed by atoms with E-state index in [-0.39, 0.29) is 5.82 Å². The third kappa shape index (κ3) is 4.60. The van der Waals surface area contributed by atoms with Gasteiger partial charge in [-0.2, -0.15) is 5.10 Å². The van der Waals surface area contributed by atoms with Crippen molar-refractivity contribution in [3.05, 3.63) is 96.2 Å². The van der Waals surface area contributed by atoms with Gasteiger partial charge in [0.2, 0.25) is 0 Å². The van der Waals surface area contributed by atoms with Crippen molar-refractivity contribution in [2.45, 2.75) is 25.2 Å². The number of likely N-dealkylation sites (tertiary alicyclic amines) is 1. The molecule has 162 valence electrons. The highest BCUT2D eigenvalue weighted by Crippen LogP contribution is 2.31. The van der Waals surface area contributed by atoms with Crippen molar-refractivity contribution in [2.75, 3.05) is 19.6 Å². The number of piperidine rings is 1. The maximum atomic E-state index is 13.4. The average molecular weight is 428 g/mol. The van der Waals surface area contributed by atoms with Crippen LogP contribution >= 0.6 is 0 Å². The summed E-state index contributed by atoms with van der Waals surface area (Å²) in [5.74, 6) is 0.656. The normalized spacial score (nSPS) is 16.8. The summed E-state index contributed by atoms with van der Waals surface area (Å²) in [5, 5.41) is 4.82. The quantitative estimate of drug-likeness (QED) is 0.440. The third-order valence-electron chi connectivity index (χ3n) is 6.10. The summed E-state index contributed by atoms with van der Waals surface area (Å²) in [4.78, 5) is 11.4. The van der Waals surface area contributed by atoms with Crippen LogP contribution in [0.2, 0.25) is 0 Å². The van der Waals surface area contributed by atoms with E-state index in [2.05, 4.69) is 51.3 Å². The number of rotatable bonds is 6. The molecule has 4 aromatic rings. The fourth-order valence-corrected chi connectivity index (χ4v) is 4.44. The van der Waals surface area contributed by atoms with Crippen LogP contribution in [0.25, 0.3) is 17.2 Å². The van der Waals surface area contributed by atoms with Gasteiger partial charge in [-0.05, 0) is 67.8 Å². The number of aromatic nitrogens is 4. The maximum Gasteiger partial charge on any atom is 0.250 e. The van der Waals surface area contributed by atoms with Crippen LogP contribution in [-0.4, -0.2) is 44.3 Å². The summed E-state index contributed by atoms with van der Waals surface area (Å²) < 4.78 is 15.3. The molecule has 1 aliphatic rings. The van der Waals surface area contributed by atoms with Crippen LogP contribution < -0.4 is 0 Å². The van der Waals surface area contributed by atoms with Gasteiger partial charge in [-0.25, -0.2) is 19.0 Å². The molecule has 0 radical (unpaired) electrons. The summed E-state index contributed by atoms with van der Waals surface area (Å²) >= 11 is 0. The molecule has 0 N–H and O–H groups in total. The van der Waals surface area contributed by atoms with E-state index in [0.29, 0.717) is 11.9 Å². The van der Waals surface area contributed by atoms with Gasteiger partial charge in [0.05, 0.1) is 11.4 Å². The number of benzene rings is 2. The van der Waals surface area contributed by atoms with Crippen LogP contribution in [0, 0.1) is 5.82 Å². The van der Waals surface area contributed by atoms with Crippen molar-refractivity contribution in [3.8, 4) is 17.2 Å². The number of nitrogens with zero attached hydrogens (tertiary/aromatic N) is 5. The molecule has 1 aliphatic heterocycles. The lowest BCUT2D eigenvalue weighted by molar-refractivity contribution is 0.207. The van der Waals surface area contributed by atoms with Crippen LogP contribution in [0.15, 0.2) is 79.1 Å². The molecule has 1 saturated heterocycles. The van der Waals surface area contributed by atoms with Crippen LogP contribution in [0.4, 0.5) is 4.39 Å². The zero-order valence-corrected chi connectivity index (χ0v) is 17.9. The Morgan fingerprint density at radius 1 is 0.938 bits per heavy atom. The molecule has 2 aromatic carbocycles. The van der Waals surface area contributed by atoms with E-state index < -0.39 is 0 Å². The molecule has 1 unspecified atom stereocenters. The van der Waals surface area contributed by atoms with Crippen molar-refractivity contribution in [2.24, 2.45) is 0 Å². The van der Waals surface area contributed by atoms with E-state index in [1.165, 1.54) is 17.7 Å². The van der Waals surface area contributed by atoms with E-state index in [1.54, 1.807) is 30.6 Å². The molecule has 3 heterocycles. The molecule has 1 fully saturated rings. The van der Waals surface area contributed by atoms with Crippen molar-refractivity contribution >= 4 is 0 Å². The summed E-state index contributed by atoms with van der Waals surface area (Å²) in [7, 11) is 0. The van der Waals surface area contributed by atoms with Crippen LogP contribution in [0.3, 0.4) is 0 Å². The van der Waals surface area contributed by atoms with Gasteiger partial charge < -0.3 is 4.90 Å². The van der Waals surface area contributed by atoms with Gasteiger partial charge in [0.1, 0.15) is 5.82 Å². The van der Waals surface area contributed by atoms with Crippen molar-refractivity contribution in [1.29, 1.82) is 0 Å². The molecule has 0 saturated carbocycles. The van der Waals surface area contributed by atoms with E-state index in [1.807, 2.05) is 4.68 Å². The summed E-state index contributed by atoms with van der Waals surface area (Å²) in [6.45, 7) is 3.14. The molecule has 5 rings (SSSR count). The number of hydrogen-bond donors (Lipinski definition) is 0. The van der Waals surface area contributed by atoms with Gasteiger partial charge >= 0.3 is 0 Å². The molecule has 5 nitrogen and oxygen atoms in total. The van der Waals surface area contributed by atoms with Crippen LogP contribution in [0.5, 0.6) is 0 Å². The maximum absolute atomic E-state index is 13.4. The smallest absolute Gasteiger partial charge is 0.250 e. The van der Waals surface area contributed by atoms with Gasteiger partial charge in [0.25, 0.3) is 5.95 Å². The predicted molar refractivity (Wildman–Crippen MR) is 123 cm³/mol. The van der Waals surface area contributed by atoms with E-state index in [0.717, 1.165) is 55.8 Å². The van der Waals surface area contributed by atoms with E-state index in [9.17, 15) is 4.39 Å². The second-order valence-corrected chi connectivity index (χ2v) is 8.30. The Morgan fingerprint density at radius 3 is 2.50 bits per heavy atom. The number of hydrogen-bond acceptors (Lipinski definition) is 4. The first-order valence-corrected chi connectivity index (χ1v) is 11.2. The molecule has 6 heteroatoms. The predicted octanol–water partition coefficient (Wildman–Crippen LogP) is 4.89. The van der Waals surface area contributed by atoms with E-state index in [4.69, 9.17) is 5.10 Å². The van der Waals surface area contributed by atoms with Crippen LogP contribution in [-0.2, 0) is 6.42 Å². The highest BCUT2D eigenvalue weighted by atomic mass is 19.1. The molecule has 0 amide bonds. The minimum absolute atomic E-state index is 0.249. The molecular formula is C26H26FN5. The molecule has 1 atom stereocenters. The number of halogens is 1. The lowest BCUT2D eigenvalue weighted by Crippen LogP contribution is -2.36. The van der Waals surface area contributed by atoms with Gasteiger partial charge in [0, 0.05) is 37.0 Å². The monoisotopic (exact) mass is 427 g/mol. The topological polar surface area (TPSA) is 46.8 Å². The molecule has 32 heavy (non-hydrogen) atoms. The Bertz CT molecular complexity index is 1140. The summed E-state index contributed by atoms with van der Waals surface area (Å²) in [5.41, 5.74) is 4.18. The van der Waals surface area contributed by atoms with Crippen molar-refractivity contribution in [1.82, 2.24) is 24.6 Å². The highest BCUT2D eigenvalue weighted by molar-refractivity contribution is 5.60. The minimum atomic E-state index is -0.249. The van der Waals surface area contributed by atoms with Crippen molar-refractivity contribution in [3.63, 3.8) is 0 Å². The van der Waals surface area contributed by atoms with Gasteiger partial charge in [-0.3, -0.25) is 0 Å². The van der Waals surface area contributed by atoms with Gasteiger partial charge in [-0.15, -0.1) is 0 Å². The fourth-order valence-electron chi connectivity index (χ4n) is 4.44. The van der Waals surface area contributed by atoms with Crippen molar-refractivity contribution < 1.29 is 4.39 Å². The van der Waals surface area contributed by atoms with Crippen LogP contribution in [0.1, 0.15) is 30.0 Å². The SMILES string of the molecule is Fc1ccc(-c2cc(C3CCCN(CCc4ccccc4)C3)n(-c3ncccn3)n2)cc1. The van der Waals surface area contributed by atoms with Gasteiger partial charge in [0.15, 0.2) is 0 Å². The zero-order valence-electron chi connectivity index (χ0n) is 17.9. The Balaban J connectivity index is 1.41. The Labute approximate surface area is 187 Å². The fraction of sp³-hybridized carbons (Fsp3) is 0.269. The second-order valence-electron chi connectivity index (χ2n) is 8.30. The Kier molecular flexibility index (Phi) is 6.03.